The third-order valence-electron chi connectivity index (χ3n) is 3.31. The standard InChI is InChI=1S/C14H24Cl2N2/c1-5-12-14(16)13(18(6-2)17-12)9-7-8-11(15)10(3)4/h10-11H,5-9H2,1-4H3. The molecule has 104 valence electrons. The van der Waals surface area contributed by atoms with E-state index in [2.05, 4.69) is 32.8 Å². The zero-order valence-electron chi connectivity index (χ0n) is 11.8. The van der Waals surface area contributed by atoms with Gasteiger partial charge in [0.2, 0.25) is 0 Å². The van der Waals surface area contributed by atoms with E-state index in [9.17, 15) is 0 Å². The highest BCUT2D eigenvalue weighted by atomic mass is 35.5. The second-order valence-electron chi connectivity index (χ2n) is 5.03. The Labute approximate surface area is 121 Å². The quantitative estimate of drug-likeness (QED) is 0.665. The van der Waals surface area contributed by atoms with E-state index in [1.165, 1.54) is 5.69 Å². The summed E-state index contributed by atoms with van der Waals surface area (Å²) in [5.41, 5.74) is 2.18. The summed E-state index contributed by atoms with van der Waals surface area (Å²) in [6, 6.07) is 0. The van der Waals surface area contributed by atoms with Crippen molar-refractivity contribution in [1.29, 1.82) is 0 Å². The maximum atomic E-state index is 6.37. The Balaban J connectivity index is 2.64. The van der Waals surface area contributed by atoms with Crippen molar-refractivity contribution in [3.63, 3.8) is 0 Å². The van der Waals surface area contributed by atoms with Gasteiger partial charge in [-0.15, -0.1) is 11.6 Å². The van der Waals surface area contributed by atoms with Crippen LogP contribution in [-0.4, -0.2) is 15.2 Å². The van der Waals surface area contributed by atoms with Gasteiger partial charge in [-0.2, -0.15) is 5.10 Å². The van der Waals surface area contributed by atoms with E-state index in [0.717, 1.165) is 42.9 Å². The van der Waals surface area contributed by atoms with Crippen LogP contribution in [0.5, 0.6) is 0 Å². The van der Waals surface area contributed by atoms with Gasteiger partial charge >= 0.3 is 0 Å². The summed E-state index contributed by atoms with van der Waals surface area (Å²) in [5.74, 6) is 0.532. The summed E-state index contributed by atoms with van der Waals surface area (Å²) in [6.45, 7) is 9.39. The van der Waals surface area contributed by atoms with Gasteiger partial charge in [0.1, 0.15) is 0 Å². The number of hydrogen-bond acceptors (Lipinski definition) is 1. The Morgan fingerprint density at radius 1 is 1.28 bits per heavy atom. The monoisotopic (exact) mass is 290 g/mol. The Morgan fingerprint density at radius 2 is 1.94 bits per heavy atom. The number of halogens is 2. The zero-order chi connectivity index (χ0) is 13.7. The minimum Gasteiger partial charge on any atom is -0.268 e. The van der Waals surface area contributed by atoms with Gasteiger partial charge in [0.25, 0.3) is 0 Å². The molecule has 0 amide bonds. The smallest absolute Gasteiger partial charge is 0.0849 e. The largest absolute Gasteiger partial charge is 0.268 e. The Bertz CT molecular complexity index is 372. The van der Waals surface area contributed by atoms with E-state index < -0.39 is 0 Å². The molecule has 1 heterocycles. The van der Waals surface area contributed by atoms with Gasteiger partial charge in [-0.3, -0.25) is 4.68 Å². The van der Waals surface area contributed by atoms with Crippen molar-refractivity contribution >= 4 is 23.2 Å². The first kappa shape index (κ1) is 15.8. The Morgan fingerprint density at radius 3 is 2.44 bits per heavy atom. The van der Waals surface area contributed by atoms with Crippen LogP contribution in [0.2, 0.25) is 5.02 Å². The van der Waals surface area contributed by atoms with Crippen LogP contribution < -0.4 is 0 Å². The van der Waals surface area contributed by atoms with E-state index in [1.807, 2.05) is 4.68 Å². The van der Waals surface area contributed by atoms with Gasteiger partial charge in [0.05, 0.1) is 16.4 Å². The Hall–Kier alpha value is -0.210. The third kappa shape index (κ3) is 3.89. The van der Waals surface area contributed by atoms with Gasteiger partial charge in [-0.05, 0) is 38.5 Å². The first-order chi connectivity index (χ1) is 8.51. The van der Waals surface area contributed by atoms with Crippen LogP contribution in [0.4, 0.5) is 0 Å². The molecule has 0 radical (unpaired) electrons. The molecule has 0 aliphatic heterocycles. The highest BCUT2D eigenvalue weighted by molar-refractivity contribution is 6.31. The van der Waals surface area contributed by atoms with Crippen LogP contribution in [0.25, 0.3) is 0 Å². The van der Waals surface area contributed by atoms with E-state index in [1.54, 1.807) is 0 Å². The molecule has 1 aromatic rings. The lowest BCUT2D eigenvalue weighted by Gasteiger charge is -2.13. The molecule has 0 aliphatic rings. The SMILES string of the molecule is CCc1nn(CC)c(CCCC(Cl)C(C)C)c1Cl. The molecule has 1 atom stereocenters. The second-order valence-corrected chi connectivity index (χ2v) is 5.97. The van der Waals surface area contributed by atoms with Crippen LogP contribution in [0, 0.1) is 5.92 Å². The van der Waals surface area contributed by atoms with Crippen molar-refractivity contribution < 1.29 is 0 Å². The van der Waals surface area contributed by atoms with Crippen molar-refractivity contribution in [2.24, 2.45) is 5.92 Å². The average Bonchev–Trinajstić information content (AvgIpc) is 2.65. The molecule has 1 aromatic heterocycles. The van der Waals surface area contributed by atoms with Crippen LogP contribution >= 0.6 is 23.2 Å². The lowest BCUT2D eigenvalue weighted by molar-refractivity contribution is 0.534. The van der Waals surface area contributed by atoms with Crippen molar-refractivity contribution in [3.05, 3.63) is 16.4 Å². The molecule has 0 saturated heterocycles. The fraction of sp³-hybridized carbons (Fsp3) is 0.786. The second kappa shape index (κ2) is 7.40. The fourth-order valence-electron chi connectivity index (χ4n) is 2.05. The summed E-state index contributed by atoms with van der Waals surface area (Å²) in [5, 5.41) is 5.64. The highest BCUT2D eigenvalue weighted by Gasteiger charge is 2.15. The van der Waals surface area contributed by atoms with Crippen LogP contribution in [0.1, 0.15) is 51.9 Å². The molecule has 1 unspecified atom stereocenters. The van der Waals surface area contributed by atoms with Gasteiger partial charge in [-0.25, -0.2) is 0 Å². The maximum absolute atomic E-state index is 6.37. The molecule has 0 fully saturated rings. The molecule has 18 heavy (non-hydrogen) atoms. The summed E-state index contributed by atoms with van der Waals surface area (Å²) in [4.78, 5) is 0. The van der Waals surface area contributed by atoms with E-state index in [0.29, 0.717) is 5.92 Å². The molecule has 0 saturated carbocycles. The fourth-order valence-corrected chi connectivity index (χ4v) is 2.57. The van der Waals surface area contributed by atoms with Crippen molar-refractivity contribution in [2.75, 3.05) is 0 Å². The average molecular weight is 291 g/mol. The van der Waals surface area contributed by atoms with E-state index in [4.69, 9.17) is 23.2 Å². The van der Waals surface area contributed by atoms with Crippen LogP contribution in [0.3, 0.4) is 0 Å². The van der Waals surface area contributed by atoms with Crippen molar-refractivity contribution in [1.82, 2.24) is 9.78 Å². The molecule has 0 aromatic carbocycles. The summed E-state index contributed by atoms with van der Waals surface area (Å²) < 4.78 is 2.03. The molecular formula is C14H24Cl2N2. The summed E-state index contributed by atoms with van der Waals surface area (Å²) in [7, 11) is 0. The van der Waals surface area contributed by atoms with Gasteiger partial charge in [-0.1, -0.05) is 32.4 Å². The van der Waals surface area contributed by atoms with Crippen molar-refractivity contribution in [3.8, 4) is 0 Å². The molecule has 0 aliphatic carbocycles. The number of hydrogen-bond donors (Lipinski definition) is 0. The van der Waals surface area contributed by atoms with Crippen LogP contribution in [-0.2, 0) is 19.4 Å². The first-order valence-corrected chi connectivity index (χ1v) is 7.70. The molecular weight excluding hydrogens is 267 g/mol. The molecule has 1 rings (SSSR count). The molecule has 0 spiro atoms. The van der Waals surface area contributed by atoms with Gasteiger partial charge in [0.15, 0.2) is 0 Å². The van der Waals surface area contributed by atoms with Crippen molar-refractivity contribution in [2.45, 2.75) is 65.3 Å². The lowest BCUT2D eigenvalue weighted by Crippen LogP contribution is -2.09. The van der Waals surface area contributed by atoms with E-state index >= 15 is 0 Å². The number of aryl methyl sites for hydroxylation is 2. The summed E-state index contributed by atoms with van der Waals surface area (Å²) >= 11 is 12.6. The minimum atomic E-state index is 0.257. The third-order valence-corrected chi connectivity index (χ3v) is 4.47. The normalized spacial score (nSPS) is 13.3. The van der Waals surface area contributed by atoms with Crippen LogP contribution in [0.15, 0.2) is 0 Å². The van der Waals surface area contributed by atoms with E-state index in [-0.39, 0.29) is 5.38 Å². The number of nitrogens with zero attached hydrogens (tertiary/aromatic N) is 2. The number of rotatable bonds is 7. The predicted octanol–water partition coefficient (Wildman–Crippen LogP) is 4.70. The molecule has 0 bridgehead atoms. The minimum absolute atomic E-state index is 0.257. The molecule has 2 nitrogen and oxygen atoms in total. The molecule has 4 heteroatoms. The summed E-state index contributed by atoms with van der Waals surface area (Å²) in [6.07, 6.45) is 3.96. The maximum Gasteiger partial charge on any atom is 0.0849 e. The van der Waals surface area contributed by atoms with Gasteiger partial charge < -0.3 is 0 Å². The molecule has 0 N–H and O–H groups in total. The van der Waals surface area contributed by atoms with Gasteiger partial charge in [0, 0.05) is 11.9 Å². The predicted molar refractivity (Wildman–Crippen MR) is 79.7 cm³/mol. The first-order valence-electron chi connectivity index (χ1n) is 6.89. The zero-order valence-corrected chi connectivity index (χ0v) is 13.4. The lowest BCUT2D eigenvalue weighted by atomic mass is 10.0. The Kier molecular flexibility index (Phi) is 6.51. The number of aromatic nitrogens is 2. The highest BCUT2D eigenvalue weighted by Crippen LogP contribution is 2.24. The topological polar surface area (TPSA) is 17.8 Å². The number of alkyl halides is 1.